The van der Waals surface area contributed by atoms with Gasteiger partial charge in [0.15, 0.2) is 5.78 Å². The van der Waals surface area contributed by atoms with Gasteiger partial charge < -0.3 is 20.6 Å². The minimum Gasteiger partial charge on any atom is -0.507 e. The van der Waals surface area contributed by atoms with Crippen molar-refractivity contribution in [3.8, 4) is 5.75 Å². The van der Waals surface area contributed by atoms with E-state index in [4.69, 9.17) is 0 Å². The smallest absolute Gasteiger partial charge is 0.335 e. The molecule has 0 radical (unpaired) electrons. The molecule has 0 bridgehead atoms. The van der Waals surface area contributed by atoms with Crippen molar-refractivity contribution in [1.82, 2.24) is 0 Å². The van der Waals surface area contributed by atoms with Crippen LogP contribution in [-0.2, 0) is 0 Å². The normalized spacial score (nSPS) is 11.1. The van der Waals surface area contributed by atoms with Crippen LogP contribution < -0.4 is 5.32 Å². The van der Waals surface area contributed by atoms with E-state index in [1.807, 2.05) is 30.3 Å². The molecule has 3 aromatic rings. The first-order valence-electron chi connectivity index (χ1n) is 16.5. The average molecular weight is 604 g/mol. The lowest BCUT2D eigenvalue weighted by Crippen LogP contribution is -2.07. The number of ketones is 1. The molecule has 3 rings (SSSR count). The Labute approximate surface area is 261 Å². The van der Waals surface area contributed by atoms with E-state index in [9.17, 15) is 29.7 Å². The maximum Gasteiger partial charge on any atom is 0.335 e. The summed E-state index contributed by atoms with van der Waals surface area (Å²) in [6, 6.07) is 15.4. The van der Waals surface area contributed by atoms with E-state index in [0.717, 1.165) is 42.9 Å². The second kappa shape index (κ2) is 19.4. The van der Waals surface area contributed by atoms with E-state index >= 15 is 0 Å². The summed E-state index contributed by atoms with van der Waals surface area (Å²) in [5.41, 5.74) is 0.929. The van der Waals surface area contributed by atoms with Crippen molar-refractivity contribution in [3.05, 3.63) is 71.3 Å². The van der Waals surface area contributed by atoms with Crippen molar-refractivity contribution >= 4 is 34.2 Å². The lowest BCUT2D eigenvalue weighted by molar-refractivity contribution is 0.0696. The molecule has 0 aliphatic heterocycles. The molecule has 44 heavy (non-hydrogen) atoms. The van der Waals surface area contributed by atoms with Gasteiger partial charge in [0.2, 0.25) is 0 Å². The van der Waals surface area contributed by atoms with Gasteiger partial charge in [-0.15, -0.1) is 0 Å². The number of phenols is 1. The van der Waals surface area contributed by atoms with E-state index in [0.29, 0.717) is 24.2 Å². The zero-order valence-electron chi connectivity index (χ0n) is 26.0. The number of carbonyl (C=O) groups is 3. The highest BCUT2D eigenvalue weighted by atomic mass is 16.4. The number of carboxylic acid groups (broad SMARTS) is 2. The van der Waals surface area contributed by atoms with E-state index in [2.05, 4.69) is 5.32 Å². The first kappa shape index (κ1) is 34.6. The van der Waals surface area contributed by atoms with Gasteiger partial charge in [-0.05, 0) is 42.5 Å². The number of carbonyl (C=O) groups excluding carboxylic acids is 1. The summed E-state index contributed by atoms with van der Waals surface area (Å²) < 4.78 is 0. The number of hydrogen-bond donors (Lipinski definition) is 4. The van der Waals surface area contributed by atoms with Gasteiger partial charge in [0, 0.05) is 24.0 Å². The van der Waals surface area contributed by atoms with Crippen molar-refractivity contribution in [2.24, 2.45) is 0 Å². The summed E-state index contributed by atoms with van der Waals surface area (Å²) in [6.07, 6.45) is 19.6. The lowest BCUT2D eigenvalue weighted by atomic mass is 9.99. The second-order valence-electron chi connectivity index (χ2n) is 11.8. The summed E-state index contributed by atoms with van der Waals surface area (Å²) in [6.45, 7) is 0.694. The molecule has 7 heteroatoms. The summed E-state index contributed by atoms with van der Waals surface area (Å²) >= 11 is 0. The maximum absolute atomic E-state index is 12.6. The Balaban J connectivity index is 1.09. The van der Waals surface area contributed by atoms with Crippen LogP contribution in [0.4, 0.5) is 5.69 Å². The number of unbranched alkanes of at least 4 members (excludes halogenated alkanes) is 15. The summed E-state index contributed by atoms with van der Waals surface area (Å²) in [7, 11) is 0. The largest absolute Gasteiger partial charge is 0.507 e. The van der Waals surface area contributed by atoms with E-state index in [1.165, 1.54) is 88.8 Å². The molecule has 0 saturated heterocycles. The van der Waals surface area contributed by atoms with Gasteiger partial charge in [-0.2, -0.15) is 0 Å². The third-order valence-electron chi connectivity index (χ3n) is 8.29. The van der Waals surface area contributed by atoms with Gasteiger partial charge >= 0.3 is 11.9 Å². The zero-order valence-corrected chi connectivity index (χ0v) is 26.0. The predicted octanol–water partition coefficient (Wildman–Crippen LogP) is 9.87. The Hall–Kier alpha value is -3.87. The fraction of sp³-hybridized carbons (Fsp3) is 0.486. The minimum atomic E-state index is -1.13. The first-order valence-corrected chi connectivity index (χ1v) is 16.5. The third kappa shape index (κ3) is 12.0. The first-order chi connectivity index (χ1) is 21.4. The molecular weight excluding hydrogens is 554 g/mol. The fourth-order valence-corrected chi connectivity index (χ4v) is 5.71. The van der Waals surface area contributed by atoms with Crippen LogP contribution in [0, 0.1) is 0 Å². The topological polar surface area (TPSA) is 124 Å². The Morgan fingerprint density at radius 3 is 1.57 bits per heavy atom. The van der Waals surface area contributed by atoms with Crippen molar-refractivity contribution in [2.75, 3.05) is 11.9 Å². The molecule has 7 nitrogen and oxygen atoms in total. The number of hydrogen-bond acceptors (Lipinski definition) is 5. The Morgan fingerprint density at radius 1 is 0.568 bits per heavy atom. The number of aromatic hydroxyl groups is 1. The molecule has 4 N–H and O–H groups in total. The molecule has 0 saturated carbocycles. The van der Waals surface area contributed by atoms with Crippen molar-refractivity contribution in [3.63, 3.8) is 0 Å². The lowest BCUT2D eigenvalue weighted by Gasteiger charge is -2.09. The number of aromatic carboxylic acids is 2. The number of carboxylic acids is 2. The molecule has 0 heterocycles. The van der Waals surface area contributed by atoms with Gasteiger partial charge in [-0.3, -0.25) is 4.79 Å². The molecular formula is C37H49NO6. The van der Waals surface area contributed by atoms with Crippen molar-refractivity contribution in [2.45, 2.75) is 109 Å². The van der Waals surface area contributed by atoms with Gasteiger partial charge in [-0.25, -0.2) is 9.59 Å². The summed E-state index contributed by atoms with van der Waals surface area (Å²) in [5, 5.41) is 33.7. The molecule has 3 aromatic carbocycles. The van der Waals surface area contributed by atoms with Gasteiger partial charge in [0.1, 0.15) is 5.75 Å². The van der Waals surface area contributed by atoms with Gasteiger partial charge in [0.05, 0.1) is 16.7 Å². The molecule has 0 aliphatic carbocycles. The fourth-order valence-electron chi connectivity index (χ4n) is 5.71. The summed E-state index contributed by atoms with van der Waals surface area (Å²) in [5.74, 6) is -2.13. The van der Waals surface area contributed by atoms with Crippen LogP contribution in [0.1, 0.15) is 140 Å². The SMILES string of the molecule is O=C(O)c1cc(NCCCCCCCCCCCCCCCCCCC(=O)c2ccc3ccccc3c2O)cc(C(=O)O)c1. The molecule has 0 fully saturated rings. The monoisotopic (exact) mass is 603 g/mol. The Bertz CT molecular complexity index is 1320. The highest BCUT2D eigenvalue weighted by molar-refractivity contribution is 6.04. The number of Topliss-reactive ketones (excluding diaryl/α,β-unsaturated/α-hetero) is 1. The number of rotatable bonds is 23. The van der Waals surface area contributed by atoms with Crippen molar-refractivity contribution in [1.29, 1.82) is 0 Å². The van der Waals surface area contributed by atoms with E-state index in [-0.39, 0.29) is 22.7 Å². The van der Waals surface area contributed by atoms with Crippen LogP contribution in [0.25, 0.3) is 10.8 Å². The number of phenolic OH excluding ortho intramolecular Hbond substituents is 1. The number of nitrogens with one attached hydrogen (secondary N) is 1. The third-order valence-corrected chi connectivity index (χ3v) is 8.29. The Morgan fingerprint density at radius 2 is 1.05 bits per heavy atom. The number of anilines is 1. The number of benzene rings is 3. The zero-order chi connectivity index (χ0) is 31.6. The van der Waals surface area contributed by atoms with Gasteiger partial charge in [-0.1, -0.05) is 120 Å². The molecule has 0 atom stereocenters. The molecule has 0 aromatic heterocycles. The van der Waals surface area contributed by atoms with E-state index < -0.39 is 11.9 Å². The van der Waals surface area contributed by atoms with E-state index in [1.54, 1.807) is 6.07 Å². The van der Waals surface area contributed by atoms with Crippen LogP contribution in [0.5, 0.6) is 5.75 Å². The standard InChI is InChI=1S/C37H49NO6/c39-34(33-23-22-28-19-16-17-20-32(28)35(33)40)21-15-13-11-9-7-5-3-1-2-4-6-8-10-12-14-18-24-38-31-26-29(36(41)42)25-30(27-31)37(43)44/h16-17,19-20,22-23,25-27,38,40H,1-15,18,21,24H2,(H,41,42)(H,43,44). The molecule has 0 aliphatic rings. The minimum absolute atomic E-state index is 0.0226. The van der Waals surface area contributed by atoms with Crippen molar-refractivity contribution < 1.29 is 29.7 Å². The maximum atomic E-state index is 12.6. The predicted molar refractivity (Wildman–Crippen MR) is 177 cm³/mol. The van der Waals surface area contributed by atoms with Gasteiger partial charge in [0.25, 0.3) is 0 Å². The number of fused-ring (bicyclic) bond motifs is 1. The quantitative estimate of drug-likeness (QED) is 0.0628. The van der Waals surface area contributed by atoms with Crippen LogP contribution in [-0.4, -0.2) is 39.6 Å². The molecule has 0 amide bonds. The second-order valence-corrected chi connectivity index (χ2v) is 11.8. The molecule has 0 spiro atoms. The van der Waals surface area contributed by atoms with Crippen LogP contribution in [0.2, 0.25) is 0 Å². The molecule has 238 valence electrons. The molecule has 0 unspecified atom stereocenters. The van der Waals surface area contributed by atoms with Crippen LogP contribution >= 0.6 is 0 Å². The highest BCUT2D eigenvalue weighted by Gasteiger charge is 2.13. The summed E-state index contributed by atoms with van der Waals surface area (Å²) in [4.78, 5) is 35.0. The highest BCUT2D eigenvalue weighted by Crippen LogP contribution is 2.30. The Kier molecular flexibility index (Phi) is 15.3. The van der Waals surface area contributed by atoms with Crippen LogP contribution in [0.15, 0.2) is 54.6 Å². The van der Waals surface area contributed by atoms with Crippen LogP contribution in [0.3, 0.4) is 0 Å². The average Bonchev–Trinajstić information content (AvgIpc) is 3.02.